The lowest BCUT2D eigenvalue weighted by molar-refractivity contribution is -0.0225. The molecule has 0 saturated carbocycles. The maximum atomic E-state index is 15.3. The van der Waals surface area contributed by atoms with Crippen molar-refractivity contribution in [1.82, 2.24) is 34.8 Å². The number of anilines is 3. The number of likely N-dealkylation sites (tertiary alicyclic amines) is 1. The molecular formula is C32H34FN9O5. The highest BCUT2D eigenvalue weighted by atomic mass is 19.1. The molecule has 2 aromatic carbocycles. The topological polar surface area (TPSA) is 142 Å². The Morgan fingerprint density at radius 1 is 1.02 bits per heavy atom. The molecule has 0 bridgehead atoms. The smallest absolute Gasteiger partial charge is 0.410 e. The summed E-state index contributed by atoms with van der Waals surface area (Å²) >= 11 is 0. The average Bonchev–Trinajstić information content (AvgIpc) is 3.47. The first kappa shape index (κ1) is 31.3. The third kappa shape index (κ3) is 7.08. The number of nitrogens with one attached hydrogen (secondary N) is 1. The molecule has 5 aromatic rings. The van der Waals surface area contributed by atoms with Crippen molar-refractivity contribution in [2.24, 2.45) is 0 Å². The standard InChI is InChI=1S/C32H34FN9O5/c1-32(2,3)47-31(43)41-16-20(17-41)45-26-14-21-24(15-25(26)44-6)34-18-35-30(21)36-23-8-7-19(13-22(23)33)46-29-11-12-42(39-29)28-10-9-27(37-38-28)40(4)5/h7-15,18,20H,16-17H2,1-6H3,(H,34,35,36). The number of aromatic nitrogens is 6. The molecule has 47 heavy (non-hydrogen) atoms. The summed E-state index contributed by atoms with van der Waals surface area (Å²) in [5.74, 6) is 2.43. The first-order valence-corrected chi connectivity index (χ1v) is 14.7. The van der Waals surface area contributed by atoms with Crippen molar-refractivity contribution in [2.75, 3.05) is 44.5 Å². The van der Waals surface area contributed by atoms with E-state index in [1.54, 1.807) is 47.5 Å². The fourth-order valence-electron chi connectivity index (χ4n) is 4.66. The van der Waals surface area contributed by atoms with Crippen LogP contribution in [0, 0.1) is 5.82 Å². The number of hydrogen-bond donors (Lipinski definition) is 1. The summed E-state index contributed by atoms with van der Waals surface area (Å²) in [6.07, 6.45) is 2.40. The van der Waals surface area contributed by atoms with Crippen LogP contribution in [0.3, 0.4) is 0 Å². The number of fused-ring (bicyclic) bond motifs is 1. The van der Waals surface area contributed by atoms with Crippen molar-refractivity contribution < 1.29 is 28.1 Å². The van der Waals surface area contributed by atoms with E-state index in [2.05, 4.69) is 30.6 Å². The fraction of sp³-hybridized carbons (Fsp3) is 0.312. The van der Waals surface area contributed by atoms with Gasteiger partial charge in [-0.15, -0.1) is 15.3 Å². The Labute approximate surface area is 270 Å². The third-order valence-corrected chi connectivity index (χ3v) is 7.02. The maximum absolute atomic E-state index is 15.3. The van der Waals surface area contributed by atoms with E-state index in [-0.39, 0.29) is 23.4 Å². The number of hydrogen-bond acceptors (Lipinski definition) is 12. The molecular weight excluding hydrogens is 609 g/mol. The van der Waals surface area contributed by atoms with Crippen LogP contribution >= 0.6 is 0 Å². The molecule has 1 aliphatic heterocycles. The number of rotatable bonds is 9. The molecule has 1 aliphatic rings. The molecule has 0 atom stereocenters. The van der Waals surface area contributed by atoms with Crippen LogP contribution in [0.5, 0.6) is 23.1 Å². The highest BCUT2D eigenvalue weighted by Crippen LogP contribution is 2.37. The van der Waals surface area contributed by atoms with Gasteiger partial charge in [0.2, 0.25) is 5.88 Å². The second kappa shape index (κ2) is 12.6. The molecule has 0 unspecified atom stereocenters. The second-order valence-electron chi connectivity index (χ2n) is 12.0. The van der Waals surface area contributed by atoms with E-state index < -0.39 is 17.5 Å². The lowest BCUT2D eigenvalue weighted by Gasteiger charge is -2.39. The summed E-state index contributed by atoms with van der Waals surface area (Å²) < 4.78 is 39.8. The Hall–Kier alpha value is -5.73. The van der Waals surface area contributed by atoms with Gasteiger partial charge in [0.1, 0.15) is 35.4 Å². The molecule has 0 radical (unpaired) electrons. The van der Waals surface area contributed by atoms with Gasteiger partial charge in [-0.25, -0.2) is 23.8 Å². The molecule has 0 spiro atoms. The van der Waals surface area contributed by atoms with Crippen molar-refractivity contribution in [3.8, 4) is 28.9 Å². The van der Waals surface area contributed by atoms with E-state index in [1.807, 2.05) is 45.8 Å². The van der Waals surface area contributed by atoms with Crippen molar-refractivity contribution in [3.05, 3.63) is 66.9 Å². The van der Waals surface area contributed by atoms with Crippen LogP contribution < -0.4 is 24.4 Å². The van der Waals surface area contributed by atoms with Gasteiger partial charge in [0.25, 0.3) is 0 Å². The van der Waals surface area contributed by atoms with Crippen molar-refractivity contribution in [2.45, 2.75) is 32.5 Å². The molecule has 1 saturated heterocycles. The van der Waals surface area contributed by atoms with Crippen LogP contribution in [-0.2, 0) is 4.74 Å². The number of halogens is 1. The van der Waals surface area contributed by atoms with Crippen LogP contribution in [0.1, 0.15) is 20.8 Å². The zero-order chi connectivity index (χ0) is 33.3. The molecule has 1 N–H and O–H groups in total. The number of ether oxygens (including phenoxy) is 4. The summed E-state index contributed by atoms with van der Waals surface area (Å²) in [7, 11) is 5.29. The number of benzene rings is 2. The van der Waals surface area contributed by atoms with Crippen molar-refractivity contribution in [1.29, 1.82) is 0 Å². The first-order chi connectivity index (χ1) is 22.5. The Morgan fingerprint density at radius 3 is 2.51 bits per heavy atom. The number of carbonyl (C=O) groups excluding carboxylic acids is 1. The minimum Gasteiger partial charge on any atom is -0.493 e. The SMILES string of the molecule is COc1cc2ncnc(Nc3ccc(Oc4ccn(-c5ccc(N(C)C)nn5)n4)cc3F)c2cc1OC1CN(C(=O)OC(C)(C)C)C1. The predicted octanol–water partition coefficient (Wildman–Crippen LogP) is 5.35. The normalized spacial score (nSPS) is 13.2. The second-order valence-corrected chi connectivity index (χ2v) is 12.0. The predicted molar refractivity (Wildman–Crippen MR) is 172 cm³/mol. The molecule has 4 heterocycles. The third-order valence-electron chi connectivity index (χ3n) is 7.02. The van der Waals surface area contributed by atoms with Gasteiger partial charge in [-0.2, -0.15) is 0 Å². The molecule has 3 aromatic heterocycles. The minimum atomic E-state index is -0.583. The van der Waals surface area contributed by atoms with Crippen LogP contribution in [0.2, 0.25) is 0 Å². The van der Waals surface area contributed by atoms with Gasteiger partial charge in [-0.3, -0.25) is 0 Å². The van der Waals surface area contributed by atoms with Gasteiger partial charge < -0.3 is 34.1 Å². The zero-order valence-electron chi connectivity index (χ0n) is 26.8. The lowest BCUT2D eigenvalue weighted by atomic mass is 10.1. The van der Waals surface area contributed by atoms with Gasteiger partial charge in [0, 0.05) is 43.9 Å². The Balaban J connectivity index is 1.15. The maximum Gasteiger partial charge on any atom is 0.410 e. The molecule has 6 rings (SSSR count). The van der Waals surface area contributed by atoms with Gasteiger partial charge >= 0.3 is 6.09 Å². The van der Waals surface area contributed by atoms with Gasteiger partial charge in [0.05, 0.1) is 31.4 Å². The molecule has 1 amide bonds. The van der Waals surface area contributed by atoms with Crippen LogP contribution in [0.25, 0.3) is 16.7 Å². The summed E-state index contributed by atoms with van der Waals surface area (Å²) in [5, 5.41) is 16.3. The first-order valence-electron chi connectivity index (χ1n) is 14.7. The fourth-order valence-corrected chi connectivity index (χ4v) is 4.66. The van der Waals surface area contributed by atoms with Crippen LogP contribution in [0.4, 0.5) is 26.5 Å². The lowest BCUT2D eigenvalue weighted by Crippen LogP contribution is -2.57. The van der Waals surface area contributed by atoms with E-state index in [0.29, 0.717) is 52.9 Å². The Morgan fingerprint density at radius 2 is 1.83 bits per heavy atom. The van der Waals surface area contributed by atoms with E-state index in [4.69, 9.17) is 18.9 Å². The number of amides is 1. The van der Waals surface area contributed by atoms with Gasteiger partial charge in [-0.1, -0.05) is 0 Å². The van der Waals surface area contributed by atoms with E-state index >= 15 is 4.39 Å². The Kier molecular flexibility index (Phi) is 8.36. The molecule has 244 valence electrons. The number of carbonyl (C=O) groups is 1. The largest absolute Gasteiger partial charge is 0.493 e. The van der Waals surface area contributed by atoms with E-state index in [9.17, 15) is 4.79 Å². The van der Waals surface area contributed by atoms with E-state index in [1.165, 1.54) is 24.2 Å². The monoisotopic (exact) mass is 643 g/mol. The summed E-state index contributed by atoms with van der Waals surface area (Å²) in [6.45, 7) is 6.19. The molecule has 14 nitrogen and oxygen atoms in total. The summed E-state index contributed by atoms with van der Waals surface area (Å²) in [5.41, 5.74) is 0.151. The molecule has 15 heteroatoms. The highest BCUT2D eigenvalue weighted by molar-refractivity contribution is 5.93. The zero-order valence-corrected chi connectivity index (χ0v) is 26.8. The number of nitrogens with zero attached hydrogens (tertiary/aromatic N) is 8. The van der Waals surface area contributed by atoms with Crippen molar-refractivity contribution in [3.63, 3.8) is 0 Å². The van der Waals surface area contributed by atoms with Gasteiger partial charge in [0.15, 0.2) is 23.1 Å². The van der Waals surface area contributed by atoms with E-state index in [0.717, 1.165) is 0 Å². The summed E-state index contributed by atoms with van der Waals surface area (Å²) in [6, 6.07) is 13.1. The van der Waals surface area contributed by atoms with Gasteiger partial charge in [-0.05, 0) is 51.1 Å². The minimum absolute atomic E-state index is 0.171. The quantitative estimate of drug-likeness (QED) is 0.221. The van der Waals surface area contributed by atoms with Crippen LogP contribution in [0.15, 0.2) is 61.1 Å². The number of methoxy groups -OCH3 is 1. The summed E-state index contributed by atoms with van der Waals surface area (Å²) in [4.78, 5) is 24.4. The average molecular weight is 644 g/mol. The Bertz CT molecular complexity index is 1900. The van der Waals surface area contributed by atoms with Crippen LogP contribution in [-0.4, -0.2) is 86.9 Å². The highest BCUT2D eigenvalue weighted by Gasteiger charge is 2.35. The van der Waals surface area contributed by atoms with Crippen molar-refractivity contribution >= 4 is 34.3 Å². The molecule has 1 fully saturated rings. The molecule has 0 aliphatic carbocycles.